The highest BCUT2D eigenvalue weighted by atomic mass is 16.5. The van der Waals surface area contributed by atoms with Gasteiger partial charge in [-0.15, -0.1) is 0 Å². The van der Waals surface area contributed by atoms with Crippen LogP contribution in [0.5, 0.6) is 5.88 Å². The first kappa shape index (κ1) is 17.5. The van der Waals surface area contributed by atoms with E-state index >= 15 is 0 Å². The van der Waals surface area contributed by atoms with Gasteiger partial charge in [-0.05, 0) is 49.3 Å². The van der Waals surface area contributed by atoms with E-state index in [0.29, 0.717) is 25.3 Å². The maximum absolute atomic E-state index is 12.0. The second kappa shape index (κ2) is 8.65. The van der Waals surface area contributed by atoms with Crippen LogP contribution in [0.3, 0.4) is 0 Å². The first-order chi connectivity index (χ1) is 12.2. The first-order valence-corrected chi connectivity index (χ1v) is 9.05. The summed E-state index contributed by atoms with van der Waals surface area (Å²) in [7, 11) is 1.87. The third-order valence-electron chi connectivity index (χ3n) is 4.53. The molecule has 0 unspecified atom stereocenters. The zero-order valence-electron chi connectivity index (χ0n) is 14.8. The van der Waals surface area contributed by atoms with Crippen molar-refractivity contribution in [2.75, 3.05) is 0 Å². The number of hydrogen-bond acceptors (Lipinski definition) is 4. The van der Waals surface area contributed by atoms with Crippen LogP contribution < -0.4 is 10.1 Å². The molecule has 2 aromatic heterocycles. The lowest BCUT2D eigenvalue weighted by atomic mass is 9.98. The lowest BCUT2D eigenvalue weighted by Gasteiger charge is -2.22. The molecule has 3 rings (SSSR count). The van der Waals surface area contributed by atoms with Crippen molar-refractivity contribution in [2.45, 2.75) is 57.6 Å². The molecule has 6 heteroatoms. The fourth-order valence-electron chi connectivity index (χ4n) is 3.13. The number of aromatic nitrogens is 3. The molecule has 0 bridgehead atoms. The zero-order chi connectivity index (χ0) is 17.5. The number of pyridine rings is 1. The number of amides is 1. The maximum atomic E-state index is 12.0. The zero-order valence-corrected chi connectivity index (χ0v) is 14.8. The van der Waals surface area contributed by atoms with Crippen molar-refractivity contribution < 1.29 is 9.53 Å². The molecule has 0 aromatic carbocycles. The van der Waals surface area contributed by atoms with Gasteiger partial charge in [0.25, 0.3) is 0 Å². The molecule has 1 saturated carbocycles. The molecule has 0 aliphatic heterocycles. The van der Waals surface area contributed by atoms with Gasteiger partial charge in [-0.3, -0.25) is 9.48 Å². The number of ether oxygens (including phenoxy) is 1. The van der Waals surface area contributed by atoms with Gasteiger partial charge in [-0.2, -0.15) is 5.10 Å². The number of carbonyl (C=O) groups excluding carboxylic acids is 1. The van der Waals surface area contributed by atoms with Crippen LogP contribution in [0.2, 0.25) is 0 Å². The largest absolute Gasteiger partial charge is 0.474 e. The molecule has 1 aliphatic carbocycles. The Kier molecular flexibility index (Phi) is 6.04. The van der Waals surface area contributed by atoms with E-state index in [1.165, 1.54) is 19.3 Å². The predicted octanol–water partition coefficient (Wildman–Crippen LogP) is 2.78. The molecule has 0 saturated heterocycles. The van der Waals surface area contributed by atoms with Gasteiger partial charge in [0.2, 0.25) is 11.8 Å². The molecule has 2 aromatic rings. The molecule has 1 fully saturated rings. The maximum Gasteiger partial charge on any atom is 0.220 e. The minimum absolute atomic E-state index is 0.0374. The number of nitrogens with one attached hydrogen (secondary N) is 1. The van der Waals surface area contributed by atoms with Crippen molar-refractivity contribution in [3.63, 3.8) is 0 Å². The van der Waals surface area contributed by atoms with Crippen LogP contribution in [0.1, 0.15) is 49.7 Å². The average Bonchev–Trinajstić information content (AvgIpc) is 3.05. The Labute approximate surface area is 148 Å². The normalized spacial score (nSPS) is 15.1. The van der Waals surface area contributed by atoms with Gasteiger partial charge in [0.05, 0.1) is 6.20 Å². The average molecular weight is 342 g/mol. The number of nitrogens with zero attached hydrogens (tertiary/aromatic N) is 3. The highest BCUT2D eigenvalue weighted by molar-refractivity contribution is 5.76. The molecule has 1 N–H and O–H groups in total. The molecule has 0 atom stereocenters. The molecular weight excluding hydrogens is 316 g/mol. The highest BCUT2D eigenvalue weighted by Gasteiger charge is 2.15. The Bertz CT molecular complexity index is 692. The Morgan fingerprint density at radius 1 is 1.32 bits per heavy atom. The molecule has 1 aliphatic rings. The van der Waals surface area contributed by atoms with Gasteiger partial charge in [-0.25, -0.2) is 4.98 Å². The van der Waals surface area contributed by atoms with Crippen LogP contribution >= 0.6 is 0 Å². The molecule has 0 spiro atoms. The van der Waals surface area contributed by atoms with E-state index in [2.05, 4.69) is 15.4 Å². The monoisotopic (exact) mass is 342 g/mol. The van der Waals surface area contributed by atoms with E-state index in [0.717, 1.165) is 24.0 Å². The van der Waals surface area contributed by atoms with E-state index in [4.69, 9.17) is 4.74 Å². The van der Waals surface area contributed by atoms with Gasteiger partial charge < -0.3 is 10.1 Å². The Morgan fingerprint density at radius 3 is 2.92 bits per heavy atom. The first-order valence-electron chi connectivity index (χ1n) is 9.05. The summed E-state index contributed by atoms with van der Waals surface area (Å²) in [6.45, 7) is 0.495. The summed E-state index contributed by atoms with van der Waals surface area (Å²) in [5.41, 5.74) is 2.08. The minimum atomic E-state index is 0.0374. The molecule has 2 heterocycles. The third kappa shape index (κ3) is 5.59. The summed E-state index contributed by atoms with van der Waals surface area (Å²) in [5, 5.41) is 7.07. The SMILES string of the molecule is Cn1cc(CCC(=O)NCc2ccnc(OC3CCCCC3)c2)cn1. The van der Waals surface area contributed by atoms with Crippen molar-refractivity contribution >= 4 is 5.91 Å². The Balaban J connectivity index is 1.44. The van der Waals surface area contributed by atoms with Crippen molar-refractivity contribution in [3.8, 4) is 5.88 Å². The van der Waals surface area contributed by atoms with Crippen molar-refractivity contribution in [1.29, 1.82) is 0 Å². The lowest BCUT2D eigenvalue weighted by molar-refractivity contribution is -0.121. The summed E-state index contributed by atoms with van der Waals surface area (Å²) < 4.78 is 7.73. The van der Waals surface area contributed by atoms with Gasteiger partial charge >= 0.3 is 0 Å². The van der Waals surface area contributed by atoms with E-state index < -0.39 is 0 Å². The van der Waals surface area contributed by atoms with Crippen LogP contribution in [0.4, 0.5) is 0 Å². The van der Waals surface area contributed by atoms with Crippen LogP contribution in [0.25, 0.3) is 0 Å². The van der Waals surface area contributed by atoms with E-state index in [1.807, 2.05) is 25.4 Å². The molecule has 0 radical (unpaired) electrons. The Hall–Kier alpha value is -2.37. The fourth-order valence-corrected chi connectivity index (χ4v) is 3.13. The summed E-state index contributed by atoms with van der Waals surface area (Å²) >= 11 is 0. The van der Waals surface area contributed by atoms with Gasteiger partial charge in [0.15, 0.2) is 0 Å². The van der Waals surface area contributed by atoms with Crippen molar-refractivity contribution in [2.24, 2.45) is 7.05 Å². The van der Waals surface area contributed by atoms with E-state index in [1.54, 1.807) is 17.1 Å². The van der Waals surface area contributed by atoms with Gasteiger partial charge in [0.1, 0.15) is 6.10 Å². The van der Waals surface area contributed by atoms with Gasteiger partial charge in [-0.1, -0.05) is 6.42 Å². The Morgan fingerprint density at radius 2 is 2.16 bits per heavy atom. The molecule has 134 valence electrons. The minimum Gasteiger partial charge on any atom is -0.474 e. The third-order valence-corrected chi connectivity index (χ3v) is 4.53. The molecule has 25 heavy (non-hydrogen) atoms. The fraction of sp³-hybridized carbons (Fsp3) is 0.526. The topological polar surface area (TPSA) is 69.0 Å². The second-order valence-electron chi connectivity index (χ2n) is 6.68. The number of rotatable bonds is 7. The number of carbonyl (C=O) groups is 1. The summed E-state index contributed by atoms with van der Waals surface area (Å²) in [5.74, 6) is 0.699. The molecule has 1 amide bonds. The lowest BCUT2D eigenvalue weighted by Crippen LogP contribution is -2.23. The van der Waals surface area contributed by atoms with Crippen molar-refractivity contribution in [3.05, 3.63) is 41.9 Å². The summed E-state index contributed by atoms with van der Waals surface area (Å²) in [6, 6.07) is 3.84. The molecular formula is C19H26N4O2. The van der Waals surface area contributed by atoms with Crippen LogP contribution in [0, 0.1) is 0 Å². The number of hydrogen-bond donors (Lipinski definition) is 1. The van der Waals surface area contributed by atoms with Crippen LogP contribution in [-0.2, 0) is 24.8 Å². The highest BCUT2D eigenvalue weighted by Crippen LogP contribution is 2.22. The summed E-state index contributed by atoms with van der Waals surface area (Å²) in [4.78, 5) is 16.3. The van der Waals surface area contributed by atoms with Crippen LogP contribution in [-0.4, -0.2) is 26.8 Å². The second-order valence-corrected chi connectivity index (χ2v) is 6.68. The van der Waals surface area contributed by atoms with Gasteiger partial charge in [0, 0.05) is 38.5 Å². The summed E-state index contributed by atoms with van der Waals surface area (Å²) in [6.07, 6.45) is 12.9. The van der Waals surface area contributed by atoms with E-state index in [9.17, 15) is 4.79 Å². The van der Waals surface area contributed by atoms with Crippen molar-refractivity contribution in [1.82, 2.24) is 20.1 Å². The van der Waals surface area contributed by atoms with E-state index in [-0.39, 0.29) is 12.0 Å². The predicted molar refractivity (Wildman–Crippen MR) is 95.1 cm³/mol. The quantitative estimate of drug-likeness (QED) is 0.840. The molecule has 6 nitrogen and oxygen atoms in total. The van der Waals surface area contributed by atoms with Crippen LogP contribution in [0.15, 0.2) is 30.7 Å². The number of aryl methyl sites for hydroxylation is 2. The standard InChI is InChI=1S/C19H26N4O2/c1-23-14-16(13-22-23)7-8-18(24)21-12-15-9-10-20-19(11-15)25-17-5-3-2-4-6-17/h9-11,13-14,17H,2-8,12H2,1H3,(H,21,24). The smallest absolute Gasteiger partial charge is 0.220 e.